The van der Waals surface area contributed by atoms with E-state index in [1.165, 1.54) is 33.5 Å². The van der Waals surface area contributed by atoms with Crippen molar-refractivity contribution < 1.29 is 4.79 Å². The van der Waals surface area contributed by atoms with Crippen LogP contribution in [-0.2, 0) is 11.3 Å². The van der Waals surface area contributed by atoms with Gasteiger partial charge in [0.1, 0.15) is 0 Å². The Morgan fingerprint density at radius 2 is 2.00 bits per heavy atom. The fourth-order valence-corrected chi connectivity index (χ4v) is 5.47. The largest absolute Gasteiger partial charge is 0.301 e. The monoisotopic (exact) mass is 501 g/mol. The summed E-state index contributed by atoms with van der Waals surface area (Å²) in [5.74, 6) is 0.846. The Morgan fingerprint density at radius 3 is 2.69 bits per heavy atom. The number of hydrogen-bond donors (Lipinski definition) is 1. The first-order valence-corrected chi connectivity index (χ1v) is 12.8. The lowest BCUT2D eigenvalue weighted by Crippen LogP contribution is -2.14. The van der Waals surface area contributed by atoms with Gasteiger partial charge in [-0.15, -0.1) is 39.4 Å². The number of nitrogens with zero attached hydrogens (tertiary/aromatic N) is 4. The lowest BCUT2D eigenvalue weighted by Gasteiger charge is -2.07. The topological polar surface area (TPSA) is 72.7 Å². The molecule has 4 aromatic rings. The number of anilines is 1. The zero-order chi connectivity index (χ0) is 22.7. The summed E-state index contributed by atoms with van der Waals surface area (Å²) in [7, 11) is 0. The molecule has 1 amide bonds. The molecule has 0 saturated heterocycles. The predicted octanol–water partition coefficient (Wildman–Crippen LogP) is 6.32. The molecule has 0 fully saturated rings. The van der Waals surface area contributed by atoms with E-state index in [-0.39, 0.29) is 11.7 Å². The molecule has 1 N–H and O–H groups in total. The van der Waals surface area contributed by atoms with E-state index in [1.54, 1.807) is 17.4 Å². The summed E-state index contributed by atoms with van der Waals surface area (Å²) in [4.78, 5) is 18.3. The van der Waals surface area contributed by atoms with Crippen molar-refractivity contribution in [2.45, 2.75) is 25.5 Å². The summed E-state index contributed by atoms with van der Waals surface area (Å²) in [6, 6.07) is 7.44. The molecule has 0 saturated carbocycles. The van der Waals surface area contributed by atoms with Gasteiger partial charge in [0.2, 0.25) is 5.91 Å². The molecule has 0 aliphatic carbocycles. The second-order valence-corrected chi connectivity index (χ2v) is 10.2. The fourth-order valence-electron chi connectivity index (χ4n) is 2.99. The maximum atomic E-state index is 12.5. The van der Waals surface area contributed by atoms with Gasteiger partial charge < -0.3 is 5.32 Å². The Kier molecular flexibility index (Phi) is 7.10. The molecule has 6 nitrogen and oxygen atoms in total. The summed E-state index contributed by atoms with van der Waals surface area (Å²) in [6.07, 6.45) is 1.80. The van der Waals surface area contributed by atoms with Gasteiger partial charge in [-0.3, -0.25) is 9.36 Å². The lowest BCUT2D eigenvalue weighted by molar-refractivity contribution is -0.113. The highest BCUT2D eigenvalue weighted by atomic mass is 35.5. The van der Waals surface area contributed by atoms with Crippen LogP contribution >= 0.6 is 46.0 Å². The van der Waals surface area contributed by atoms with Gasteiger partial charge in [-0.25, -0.2) is 4.98 Å². The Labute approximate surface area is 203 Å². The van der Waals surface area contributed by atoms with Crippen LogP contribution in [-0.4, -0.2) is 31.4 Å². The molecule has 0 aliphatic heterocycles. The number of nitrogens with one attached hydrogen (secondary N) is 1. The Bertz CT molecular complexity index is 1260. The summed E-state index contributed by atoms with van der Waals surface area (Å²) < 4.78 is 1.99. The maximum absolute atomic E-state index is 12.5. The van der Waals surface area contributed by atoms with Gasteiger partial charge in [0.05, 0.1) is 11.4 Å². The van der Waals surface area contributed by atoms with Crippen LogP contribution in [0, 0.1) is 13.8 Å². The first-order chi connectivity index (χ1) is 15.5. The molecule has 164 valence electrons. The summed E-state index contributed by atoms with van der Waals surface area (Å²) in [5, 5.41) is 17.5. The third-order valence-corrected chi connectivity index (χ3v) is 7.77. The van der Waals surface area contributed by atoms with Crippen molar-refractivity contribution >= 4 is 57.1 Å². The average Bonchev–Trinajstić information content (AvgIpc) is 3.48. The van der Waals surface area contributed by atoms with Crippen LogP contribution in [0.1, 0.15) is 10.4 Å². The van der Waals surface area contributed by atoms with Crippen molar-refractivity contribution in [3.63, 3.8) is 0 Å². The summed E-state index contributed by atoms with van der Waals surface area (Å²) >= 11 is 10.4. The van der Waals surface area contributed by atoms with Gasteiger partial charge in [-0.05, 0) is 31.5 Å². The van der Waals surface area contributed by atoms with E-state index >= 15 is 0 Å². The number of halogens is 1. The minimum atomic E-state index is -0.149. The molecule has 3 aromatic heterocycles. The van der Waals surface area contributed by atoms with Crippen LogP contribution in [0.5, 0.6) is 0 Å². The number of thiazole rings is 1. The third kappa shape index (κ3) is 4.96. The molecule has 32 heavy (non-hydrogen) atoms. The molecule has 0 bridgehead atoms. The number of allylic oxidation sites excluding steroid dienone is 1. The third-order valence-electron chi connectivity index (χ3n) is 4.78. The van der Waals surface area contributed by atoms with E-state index in [2.05, 4.69) is 46.3 Å². The number of thioether (sulfide) groups is 1. The van der Waals surface area contributed by atoms with E-state index in [4.69, 9.17) is 11.6 Å². The number of rotatable bonds is 8. The van der Waals surface area contributed by atoms with Gasteiger partial charge in [-0.2, -0.15) is 0 Å². The minimum absolute atomic E-state index is 0.149. The number of benzene rings is 1. The number of aryl methyl sites for hydroxylation is 1. The quantitative estimate of drug-likeness (QED) is 0.226. The second-order valence-electron chi connectivity index (χ2n) is 6.92. The minimum Gasteiger partial charge on any atom is -0.301 e. The molecule has 0 radical (unpaired) electrons. The number of hydrogen-bond acceptors (Lipinski definition) is 7. The van der Waals surface area contributed by atoms with E-state index in [9.17, 15) is 4.79 Å². The zero-order valence-corrected chi connectivity index (χ0v) is 20.7. The molecule has 3 heterocycles. The average molecular weight is 502 g/mol. The number of amides is 1. The molecular formula is C22H20ClN5OS3. The smallest absolute Gasteiger partial charge is 0.236 e. The van der Waals surface area contributed by atoms with E-state index in [0.717, 1.165) is 22.6 Å². The Balaban J connectivity index is 1.43. The van der Waals surface area contributed by atoms with Crippen molar-refractivity contribution in [3.05, 3.63) is 63.1 Å². The summed E-state index contributed by atoms with van der Waals surface area (Å²) in [5.41, 5.74) is 4.01. The standard InChI is InChI=1S/C22H20ClN5OS3/c1-4-9-28-20(17-10-30-14(3)13(17)2)26-27-22(28)32-12-19(29)25-21-24-18(11-31-21)15-5-7-16(23)8-6-15/h4-8,10-11H,1,9,12H2,2-3H3,(H,24,25,29). The Morgan fingerprint density at radius 1 is 1.22 bits per heavy atom. The van der Waals surface area contributed by atoms with E-state index < -0.39 is 0 Å². The first kappa shape index (κ1) is 22.7. The maximum Gasteiger partial charge on any atom is 0.236 e. The van der Waals surface area contributed by atoms with Crippen molar-refractivity contribution in [2.75, 3.05) is 11.1 Å². The van der Waals surface area contributed by atoms with Gasteiger partial charge in [0, 0.05) is 38.3 Å². The number of carbonyl (C=O) groups excluding carboxylic acids is 1. The molecule has 0 spiro atoms. The number of thiophene rings is 1. The highest BCUT2D eigenvalue weighted by Crippen LogP contribution is 2.32. The molecular weight excluding hydrogens is 482 g/mol. The molecule has 0 atom stereocenters. The van der Waals surface area contributed by atoms with Crippen molar-refractivity contribution in [1.29, 1.82) is 0 Å². The van der Waals surface area contributed by atoms with Crippen molar-refractivity contribution in [3.8, 4) is 22.6 Å². The van der Waals surface area contributed by atoms with Gasteiger partial charge in [0.15, 0.2) is 16.1 Å². The lowest BCUT2D eigenvalue weighted by atomic mass is 10.1. The molecule has 0 unspecified atom stereocenters. The SMILES string of the molecule is C=CCn1c(SCC(=O)Nc2nc(-c3ccc(Cl)cc3)cs2)nnc1-c1csc(C)c1C. The van der Waals surface area contributed by atoms with Crippen LogP contribution in [0.4, 0.5) is 5.13 Å². The van der Waals surface area contributed by atoms with E-state index in [1.807, 2.05) is 34.2 Å². The van der Waals surface area contributed by atoms with Crippen LogP contribution < -0.4 is 5.32 Å². The molecule has 0 aliphatic rings. The highest BCUT2D eigenvalue weighted by Gasteiger charge is 2.18. The predicted molar refractivity (Wildman–Crippen MR) is 135 cm³/mol. The van der Waals surface area contributed by atoms with Gasteiger partial charge >= 0.3 is 0 Å². The van der Waals surface area contributed by atoms with Crippen LogP contribution in [0.3, 0.4) is 0 Å². The highest BCUT2D eigenvalue weighted by molar-refractivity contribution is 7.99. The van der Waals surface area contributed by atoms with Crippen molar-refractivity contribution in [1.82, 2.24) is 19.7 Å². The normalized spacial score (nSPS) is 11.0. The van der Waals surface area contributed by atoms with Gasteiger partial charge in [-0.1, -0.05) is 41.6 Å². The van der Waals surface area contributed by atoms with Crippen LogP contribution in [0.2, 0.25) is 5.02 Å². The van der Waals surface area contributed by atoms with Crippen LogP contribution in [0.15, 0.2) is 52.8 Å². The molecule has 4 rings (SSSR count). The second kappa shape index (κ2) is 9.99. The van der Waals surface area contributed by atoms with Crippen molar-refractivity contribution in [2.24, 2.45) is 0 Å². The zero-order valence-electron chi connectivity index (χ0n) is 17.5. The number of carbonyl (C=O) groups is 1. The molecule has 10 heteroatoms. The Hall–Kier alpha value is -2.46. The first-order valence-electron chi connectivity index (χ1n) is 9.69. The van der Waals surface area contributed by atoms with Gasteiger partial charge in [0.25, 0.3) is 0 Å². The number of aromatic nitrogens is 4. The molecule has 1 aromatic carbocycles. The van der Waals surface area contributed by atoms with E-state index in [0.29, 0.717) is 21.9 Å². The van der Waals surface area contributed by atoms with Crippen LogP contribution in [0.25, 0.3) is 22.6 Å². The fraction of sp³-hybridized carbons (Fsp3) is 0.182. The summed E-state index contributed by atoms with van der Waals surface area (Å²) in [6.45, 7) is 8.59.